The number of aliphatic hydroxyl groups excluding tert-OH is 1. The number of likely N-dealkylation sites (tertiary alicyclic amines) is 2. The zero-order valence-corrected chi connectivity index (χ0v) is 11.2. The van der Waals surface area contributed by atoms with E-state index in [1.807, 2.05) is 0 Å². The Morgan fingerprint density at radius 2 is 1.65 bits per heavy atom. The van der Waals surface area contributed by atoms with Gasteiger partial charge in [0.25, 0.3) is 0 Å². The van der Waals surface area contributed by atoms with Gasteiger partial charge >= 0.3 is 0 Å². The molecule has 17 heavy (non-hydrogen) atoms. The second kappa shape index (κ2) is 5.65. The van der Waals surface area contributed by atoms with E-state index >= 15 is 0 Å². The number of hydrogen-bond donors (Lipinski definition) is 2. The molecule has 0 bridgehead atoms. The summed E-state index contributed by atoms with van der Waals surface area (Å²) >= 11 is 0. The van der Waals surface area contributed by atoms with Crippen molar-refractivity contribution in [2.24, 2.45) is 11.7 Å². The first-order chi connectivity index (χ1) is 8.11. The summed E-state index contributed by atoms with van der Waals surface area (Å²) in [5, 5.41) is 9.87. The van der Waals surface area contributed by atoms with Crippen molar-refractivity contribution < 1.29 is 5.11 Å². The van der Waals surface area contributed by atoms with Gasteiger partial charge < -0.3 is 20.6 Å². The highest BCUT2D eigenvalue weighted by Gasteiger charge is 2.36. The fraction of sp³-hybridized carbons (Fsp3) is 1.00. The van der Waals surface area contributed by atoms with Gasteiger partial charge in [-0.2, -0.15) is 0 Å². The summed E-state index contributed by atoms with van der Waals surface area (Å²) in [4.78, 5) is 4.89. The molecule has 4 heteroatoms. The summed E-state index contributed by atoms with van der Waals surface area (Å²) in [6, 6.07) is 1.07. The fourth-order valence-corrected chi connectivity index (χ4v) is 3.40. The van der Waals surface area contributed by atoms with E-state index in [4.69, 9.17) is 5.73 Å². The van der Waals surface area contributed by atoms with E-state index < -0.39 is 0 Å². The largest absolute Gasteiger partial charge is 0.393 e. The average Bonchev–Trinajstić information content (AvgIpc) is 2.33. The van der Waals surface area contributed by atoms with Crippen molar-refractivity contribution in [3.8, 4) is 0 Å². The van der Waals surface area contributed by atoms with Crippen molar-refractivity contribution in [2.75, 3.05) is 33.7 Å². The van der Waals surface area contributed by atoms with Gasteiger partial charge in [-0.3, -0.25) is 0 Å². The summed E-state index contributed by atoms with van der Waals surface area (Å²) in [6.45, 7) is 2.97. The van der Waals surface area contributed by atoms with Crippen LogP contribution in [0.25, 0.3) is 0 Å². The smallest absolute Gasteiger partial charge is 0.0568 e. The summed E-state index contributed by atoms with van der Waals surface area (Å²) in [5.74, 6) is 0.670. The molecule has 2 saturated heterocycles. The molecular weight excluding hydrogens is 214 g/mol. The van der Waals surface area contributed by atoms with Crippen LogP contribution in [0.1, 0.15) is 25.7 Å². The molecule has 0 aromatic heterocycles. The van der Waals surface area contributed by atoms with Crippen molar-refractivity contribution in [3.05, 3.63) is 0 Å². The third-order valence-corrected chi connectivity index (χ3v) is 4.70. The molecule has 2 aliphatic rings. The van der Waals surface area contributed by atoms with E-state index in [1.54, 1.807) is 0 Å². The molecule has 0 radical (unpaired) electrons. The van der Waals surface area contributed by atoms with Crippen LogP contribution in [0.3, 0.4) is 0 Å². The molecule has 0 aromatic carbocycles. The van der Waals surface area contributed by atoms with Gasteiger partial charge in [-0.25, -0.2) is 0 Å². The summed E-state index contributed by atoms with van der Waals surface area (Å²) in [6.07, 6.45) is 4.15. The first-order valence-corrected chi connectivity index (χ1v) is 6.90. The molecule has 4 nitrogen and oxygen atoms in total. The maximum atomic E-state index is 9.87. The van der Waals surface area contributed by atoms with Gasteiger partial charge in [0.15, 0.2) is 0 Å². The molecule has 0 aliphatic carbocycles. The highest BCUT2D eigenvalue weighted by Crippen LogP contribution is 2.29. The summed E-state index contributed by atoms with van der Waals surface area (Å²) in [7, 11) is 4.41. The molecule has 0 amide bonds. The number of nitrogens with zero attached hydrogens (tertiary/aromatic N) is 2. The minimum absolute atomic E-state index is 0.108. The zero-order valence-electron chi connectivity index (χ0n) is 11.2. The lowest BCUT2D eigenvalue weighted by Gasteiger charge is -2.47. The molecule has 2 aliphatic heterocycles. The second-order valence-electron chi connectivity index (χ2n) is 5.90. The number of rotatable bonds is 2. The fourth-order valence-electron chi connectivity index (χ4n) is 3.40. The average molecular weight is 241 g/mol. The van der Waals surface area contributed by atoms with Gasteiger partial charge in [-0.1, -0.05) is 0 Å². The van der Waals surface area contributed by atoms with Crippen LogP contribution in [0.4, 0.5) is 0 Å². The molecular formula is C13H27N3O. The van der Waals surface area contributed by atoms with E-state index in [2.05, 4.69) is 23.9 Å². The molecule has 2 rings (SSSR count). The highest BCUT2D eigenvalue weighted by molar-refractivity contribution is 4.93. The third-order valence-electron chi connectivity index (χ3n) is 4.70. The number of nitrogens with two attached hydrogens (primary N) is 1. The lowest BCUT2D eigenvalue weighted by atomic mass is 9.83. The normalized spacial score (nSPS) is 41.6. The molecule has 0 spiro atoms. The van der Waals surface area contributed by atoms with Crippen molar-refractivity contribution in [3.63, 3.8) is 0 Å². The standard InChI is InChI=1S/C13H27N3O/c1-15-5-3-10(9-14)7-12(15)13-8-11(17)4-6-16(13)2/h10-13,17H,3-9,14H2,1-2H3. The molecule has 0 aromatic rings. The van der Waals surface area contributed by atoms with Gasteiger partial charge in [0.2, 0.25) is 0 Å². The lowest BCUT2D eigenvalue weighted by molar-refractivity contribution is -0.00334. The predicted octanol–water partition coefficient (Wildman–Crippen LogP) is 0.111. The Bertz CT molecular complexity index is 249. The number of piperidine rings is 2. The summed E-state index contributed by atoms with van der Waals surface area (Å²) < 4.78 is 0. The number of aliphatic hydroxyl groups is 1. The second-order valence-corrected chi connectivity index (χ2v) is 5.90. The Labute approximate surface area is 105 Å². The molecule has 3 N–H and O–H groups in total. The molecule has 0 saturated carbocycles. The first-order valence-electron chi connectivity index (χ1n) is 6.90. The van der Waals surface area contributed by atoms with Crippen LogP contribution in [-0.2, 0) is 0 Å². The van der Waals surface area contributed by atoms with Gasteiger partial charge in [-0.15, -0.1) is 0 Å². The van der Waals surface area contributed by atoms with E-state index in [0.717, 1.165) is 32.5 Å². The summed E-state index contributed by atoms with van der Waals surface area (Å²) in [5.41, 5.74) is 5.82. The lowest BCUT2D eigenvalue weighted by Crippen LogP contribution is -2.56. The molecule has 2 heterocycles. The van der Waals surface area contributed by atoms with Gasteiger partial charge in [0.05, 0.1) is 6.10 Å². The molecule has 4 atom stereocenters. The SMILES string of the molecule is CN1CCC(O)CC1C1CC(CN)CCN1C. The van der Waals surface area contributed by atoms with Crippen molar-refractivity contribution in [1.29, 1.82) is 0 Å². The Morgan fingerprint density at radius 3 is 2.29 bits per heavy atom. The van der Waals surface area contributed by atoms with E-state index in [0.29, 0.717) is 18.0 Å². The third kappa shape index (κ3) is 2.99. The Balaban J connectivity index is 2.02. The highest BCUT2D eigenvalue weighted by atomic mass is 16.3. The molecule has 4 unspecified atom stereocenters. The minimum atomic E-state index is -0.108. The van der Waals surface area contributed by atoms with Crippen LogP contribution < -0.4 is 5.73 Å². The predicted molar refractivity (Wildman–Crippen MR) is 69.9 cm³/mol. The van der Waals surface area contributed by atoms with Crippen LogP contribution in [0.5, 0.6) is 0 Å². The Hall–Kier alpha value is -0.160. The molecule has 100 valence electrons. The van der Waals surface area contributed by atoms with Crippen molar-refractivity contribution >= 4 is 0 Å². The first kappa shape index (κ1) is 13.3. The van der Waals surface area contributed by atoms with E-state index in [-0.39, 0.29) is 6.10 Å². The maximum Gasteiger partial charge on any atom is 0.0568 e. The zero-order chi connectivity index (χ0) is 12.4. The van der Waals surface area contributed by atoms with Gasteiger partial charge in [-0.05, 0) is 58.8 Å². The number of likely N-dealkylation sites (N-methyl/N-ethyl adjacent to an activating group) is 2. The van der Waals surface area contributed by atoms with E-state index in [9.17, 15) is 5.11 Å². The number of hydrogen-bond acceptors (Lipinski definition) is 4. The van der Waals surface area contributed by atoms with Gasteiger partial charge in [0, 0.05) is 18.6 Å². The molecule has 2 fully saturated rings. The quantitative estimate of drug-likeness (QED) is 0.720. The monoisotopic (exact) mass is 241 g/mol. The minimum Gasteiger partial charge on any atom is -0.393 e. The van der Waals surface area contributed by atoms with Crippen molar-refractivity contribution in [2.45, 2.75) is 43.9 Å². The van der Waals surface area contributed by atoms with Crippen LogP contribution in [0.15, 0.2) is 0 Å². The van der Waals surface area contributed by atoms with Crippen LogP contribution in [0.2, 0.25) is 0 Å². The van der Waals surface area contributed by atoms with E-state index in [1.165, 1.54) is 12.8 Å². The topological polar surface area (TPSA) is 52.7 Å². The van der Waals surface area contributed by atoms with Gasteiger partial charge in [0.1, 0.15) is 0 Å². The van der Waals surface area contributed by atoms with Crippen LogP contribution in [0, 0.1) is 5.92 Å². The Kier molecular flexibility index (Phi) is 4.42. The van der Waals surface area contributed by atoms with Crippen LogP contribution >= 0.6 is 0 Å². The van der Waals surface area contributed by atoms with Crippen molar-refractivity contribution in [1.82, 2.24) is 9.80 Å². The van der Waals surface area contributed by atoms with Crippen LogP contribution in [-0.4, -0.2) is 66.8 Å². The maximum absolute atomic E-state index is 9.87. The Morgan fingerprint density at radius 1 is 1.06 bits per heavy atom.